The summed E-state index contributed by atoms with van der Waals surface area (Å²) < 4.78 is 13.6. The summed E-state index contributed by atoms with van der Waals surface area (Å²) >= 11 is 3.39. The molecule has 7 atom stereocenters. The predicted octanol–water partition coefficient (Wildman–Crippen LogP) is 6.81. The van der Waals surface area contributed by atoms with Gasteiger partial charge in [-0.25, -0.2) is 0 Å². The number of carbonyl (C=O) groups is 1. The van der Waals surface area contributed by atoms with E-state index in [0.717, 1.165) is 23.0 Å². The summed E-state index contributed by atoms with van der Waals surface area (Å²) in [6.07, 6.45) is 3.49. The van der Waals surface area contributed by atoms with Crippen molar-refractivity contribution >= 4 is 10.5 Å². The molecule has 39 heavy (non-hydrogen) atoms. The Kier molecular flexibility index (Phi) is 9.60. The summed E-state index contributed by atoms with van der Waals surface area (Å²) in [4.78, 5) is 13.3. The molecule has 0 aromatic heterocycles. The van der Waals surface area contributed by atoms with Gasteiger partial charge in [-0.05, 0) is 0 Å². The van der Waals surface area contributed by atoms with Crippen LogP contribution in [-0.2, 0) is 35.5 Å². The molecule has 212 valence electrons. The molecule has 1 N–H and O–H groups in total. The van der Waals surface area contributed by atoms with Crippen LogP contribution in [0.25, 0.3) is 0 Å². The second kappa shape index (κ2) is 12.4. The molecule has 1 saturated heterocycles. The van der Waals surface area contributed by atoms with E-state index in [4.69, 9.17) is 9.47 Å². The Morgan fingerprint density at radius 3 is 2.18 bits per heavy atom. The Hall–Kier alpha value is -1.77. The van der Waals surface area contributed by atoms with E-state index in [0.29, 0.717) is 18.4 Å². The van der Waals surface area contributed by atoms with Crippen LogP contribution >= 0.6 is 0 Å². The zero-order valence-corrected chi connectivity index (χ0v) is 26.1. The van der Waals surface area contributed by atoms with Gasteiger partial charge in [0.1, 0.15) is 0 Å². The third kappa shape index (κ3) is 6.60. The molecule has 4 rings (SSSR count). The Bertz CT molecular complexity index is 1110. The van der Waals surface area contributed by atoms with Gasteiger partial charge in [0.15, 0.2) is 0 Å². The number of esters is 1. The van der Waals surface area contributed by atoms with Crippen molar-refractivity contribution in [1.82, 2.24) is 5.32 Å². The van der Waals surface area contributed by atoms with Gasteiger partial charge in [0.2, 0.25) is 0 Å². The molecule has 0 radical (unpaired) electrons. The second-order valence-corrected chi connectivity index (χ2v) is 13.9. The summed E-state index contributed by atoms with van der Waals surface area (Å²) in [7, 11) is 0. The van der Waals surface area contributed by atoms with Gasteiger partial charge in [0.05, 0.1) is 0 Å². The van der Waals surface area contributed by atoms with E-state index in [9.17, 15) is 4.79 Å². The van der Waals surface area contributed by atoms with Crippen molar-refractivity contribution in [2.45, 2.75) is 97.2 Å². The molecule has 1 saturated carbocycles. The van der Waals surface area contributed by atoms with Crippen LogP contribution in [0.1, 0.15) is 84.8 Å². The van der Waals surface area contributed by atoms with E-state index in [1.165, 1.54) is 12.0 Å². The van der Waals surface area contributed by atoms with Crippen LogP contribution in [0.3, 0.4) is 0 Å². The first kappa shape index (κ1) is 30.2. The Morgan fingerprint density at radius 1 is 0.974 bits per heavy atom. The van der Waals surface area contributed by atoms with Crippen LogP contribution in [0.2, 0.25) is 0 Å². The zero-order chi connectivity index (χ0) is 28.4. The normalized spacial score (nSPS) is 29.7. The van der Waals surface area contributed by atoms with Gasteiger partial charge in [0, 0.05) is 0 Å². The fourth-order valence-electron chi connectivity index (χ4n) is 7.00. The van der Waals surface area contributed by atoms with Gasteiger partial charge in [-0.3, -0.25) is 0 Å². The monoisotopic (exact) mass is 569 g/mol. The summed E-state index contributed by atoms with van der Waals surface area (Å²) in [5.41, 5.74) is 2.38. The average Bonchev–Trinajstić information content (AvgIpc) is 3.32. The molecular weight excluding hydrogens is 522 g/mol. The third-order valence-electron chi connectivity index (χ3n) is 9.16. The van der Waals surface area contributed by atoms with Gasteiger partial charge < -0.3 is 0 Å². The van der Waals surface area contributed by atoms with Crippen LogP contribution < -0.4 is 5.32 Å². The molecule has 0 amide bonds. The van der Waals surface area contributed by atoms with Crippen LogP contribution in [0.15, 0.2) is 60.7 Å². The number of hydrogen-bond donors (Lipinski definition) is 1. The van der Waals surface area contributed by atoms with Crippen molar-refractivity contribution in [3.8, 4) is 0 Å². The SMILES string of the molecule is CCOC(=O)[C@H]1N[C@@H](C(C)(C)C)[C@H]([C](=[Cr])O[C@@H]2C[C@H](C)CC[C@H]2C(C)(C)c2ccccc2)[C@H]1c1ccccc1. The first-order chi connectivity index (χ1) is 18.4. The molecular formula is C34H47CrNO3. The van der Waals surface area contributed by atoms with Gasteiger partial charge in [-0.15, -0.1) is 0 Å². The summed E-state index contributed by atoms with van der Waals surface area (Å²) in [5.74, 6) is 0.706. The Morgan fingerprint density at radius 2 is 1.59 bits per heavy atom. The standard InChI is InChI=1S/C34H47NO3.Cr/c1-8-37-32(36)30-29(24-15-11-9-12-16-24)26(31(35-30)33(3,4)5)22-38-28-21-23(2)19-20-27(28)34(6,7)25-17-13-10-14-18-25;/h9-18,23,26-31,35H,8,19-21H2,1-7H3;/t23-,26-,27-,28-,29-,30+,31-;/m1./s1. The molecule has 1 aliphatic carbocycles. The topological polar surface area (TPSA) is 47.6 Å². The molecule has 2 aromatic rings. The summed E-state index contributed by atoms with van der Waals surface area (Å²) in [5, 5.41) is 3.71. The number of benzene rings is 2. The van der Waals surface area contributed by atoms with Crippen LogP contribution in [0, 0.1) is 23.2 Å². The van der Waals surface area contributed by atoms with Crippen LogP contribution in [-0.4, -0.2) is 35.3 Å². The van der Waals surface area contributed by atoms with Crippen molar-refractivity contribution in [2.75, 3.05) is 6.61 Å². The van der Waals surface area contributed by atoms with Crippen molar-refractivity contribution in [3.63, 3.8) is 0 Å². The van der Waals surface area contributed by atoms with E-state index >= 15 is 0 Å². The molecule has 0 spiro atoms. The van der Waals surface area contributed by atoms with Crippen molar-refractivity contribution in [1.29, 1.82) is 0 Å². The van der Waals surface area contributed by atoms with E-state index < -0.39 is 6.04 Å². The van der Waals surface area contributed by atoms with Gasteiger partial charge in [-0.2, -0.15) is 0 Å². The quantitative estimate of drug-likeness (QED) is 0.355. The molecule has 0 bridgehead atoms. The van der Waals surface area contributed by atoms with Crippen molar-refractivity contribution in [2.24, 2.45) is 23.2 Å². The third-order valence-corrected chi connectivity index (χ3v) is 9.74. The Balaban J connectivity index is 1.70. The summed E-state index contributed by atoms with van der Waals surface area (Å²) in [6, 6.07) is 20.9. The number of carbonyl (C=O) groups excluding carboxylic acids is 1. The molecule has 2 aromatic carbocycles. The zero-order valence-electron chi connectivity index (χ0n) is 24.8. The maximum absolute atomic E-state index is 13.3. The molecule has 1 heterocycles. The first-order valence-corrected chi connectivity index (χ1v) is 15.3. The molecule has 2 aliphatic rings. The molecule has 1 aliphatic heterocycles. The van der Waals surface area contributed by atoms with Crippen LogP contribution in [0.4, 0.5) is 0 Å². The second-order valence-electron chi connectivity index (χ2n) is 13.3. The number of hydrogen-bond acceptors (Lipinski definition) is 4. The average molecular weight is 570 g/mol. The van der Waals surface area contributed by atoms with Gasteiger partial charge in [0.25, 0.3) is 0 Å². The predicted molar refractivity (Wildman–Crippen MR) is 155 cm³/mol. The van der Waals surface area contributed by atoms with E-state index in [1.807, 2.05) is 13.0 Å². The minimum absolute atomic E-state index is 0.0143. The van der Waals surface area contributed by atoms with Gasteiger partial charge in [-0.1, -0.05) is 0 Å². The molecule has 4 nitrogen and oxygen atoms in total. The minimum atomic E-state index is -0.435. The van der Waals surface area contributed by atoms with Crippen LogP contribution in [0.5, 0.6) is 0 Å². The molecule has 0 unspecified atom stereocenters. The van der Waals surface area contributed by atoms with E-state index in [1.54, 1.807) is 0 Å². The fourth-order valence-corrected chi connectivity index (χ4v) is 7.64. The number of rotatable bonds is 8. The van der Waals surface area contributed by atoms with Crippen molar-refractivity contribution < 1.29 is 30.1 Å². The fraction of sp³-hybridized carbons (Fsp3) is 0.588. The maximum atomic E-state index is 13.3. The van der Waals surface area contributed by atoms with E-state index in [-0.39, 0.29) is 40.8 Å². The Labute approximate surface area is 244 Å². The summed E-state index contributed by atoms with van der Waals surface area (Å²) in [6.45, 7) is 16.1. The molecule has 2 fully saturated rings. The first-order valence-electron chi connectivity index (χ1n) is 14.7. The molecule has 5 heteroatoms. The number of nitrogens with one attached hydrogen (secondary N) is 1. The van der Waals surface area contributed by atoms with Gasteiger partial charge >= 0.3 is 245 Å². The van der Waals surface area contributed by atoms with Crippen molar-refractivity contribution in [3.05, 3.63) is 71.8 Å². The van der Waals surface area contributed by atoms with E-state index in [2.05, 4.69) is 117 Å². The number of ether oxygens (including phenoxy) is 2.